The van der Waals surface area contributed by atoms with Gasteiger partial charge in [-0.1, -0.05) is 12.5 Å². The van der Waals surface area contributed by atoms with Crippen molar-refractivity contribution in [2.45, 2.75) is 25.3 Å². The van der Waals surface area contributed by atoms with Gasteiger partial charge < -0.3 is 9.88 Å². The molecule has 30 heavy (non-hydrogen) atoms. The average Bonchev–Trinajstić information content (AvgIpc) is 3.21. The summed E-state index contributed by atoms with van der Waals surface area (Å²) in [5, 5.41) is 1.04. The van der Waals surface area contributed by atoms with E-state index in [1.165, 1.54) is 19.3 Å². The minimum atomic E-state index is -0.0149. The number of hydrogen-bond acceptors (Lipinski definition) is 4. The van der Waals surface area contributed by atoms with E-state index in [1.54, 1.807) is 12.4 Å². The topological polar surface area (TPSA) is 74.8 Å². The van der Waals surface area contributed by atoms with Crippen molar-refractivity contribution in [1.29, 1.82) is 0 Å². The molecule has 2 aliphatic rings. The maximum absolute atomic E-state index is 13.4. The van der Waals surface area contributed by atoms with Crippen molar-refractivity contribution in [3.05, 3.63) is 78.6 Å². The second kappa shape index (κ2) is 6.49. The molecule has 1 saturated carbocycles. The summed E-state index contributed by atoms with van der Waals surface area (Å²) < 4.78 is 0. The molecule has 1 spiro atoms. The van der Waals surface area contributed by atoms with Crippen molar-refractivity contribution in [3.8, 4) is 11.1 Å². The van der Waals surface area contributed by atoms with Crippen LogP contribution < -0.4 is 0 Å². The number of carbonyl (C=O) groups excluding carboxylic acids is 1. The molecule has 4 aromatic rings. The molecule has 5 heterocycles. The smallest absolute Gasteiger partial charge is 0.273 e. The number of fused-ring (bicyclic) bond motifs is 1. The minimum Gasteiger partial charge on any atom is -0.346 e. The van der Waals surface area contributed by atoms with Gasteiger partial charge in [0.25, 0.3) is 5.91 Å². The number of likely N-dealkylation sites (tertiary alicyclic amines) is 1. The third-order valence-electron chi connectivity index (χ3n) is 6.70. The summed E-state index contributed by atoms with van der Waals surface area (Å²) in [6, 6.07) is 12.0. The summed E-state index contributed by atoms with van der Waals surface area (Å²) in [4.78, 5) is 31.7. The maximum atomic E-state index is 13.4. The molecular formula is C24H21N5O. The van der Waals surface area contributed by atoms with Gasteiger partial charge >= 0.3 is 0 Å². The lowest BCUT2D eigenvalue weighted by Crippen LogP contribution is -2.63. The fourth-order valence-corrected chi connectivity index (χ4v) is 5.03. The van der Waals surface area contributed by atoms with Gasteiger partial charge in [0.05, 0.1) is 6.04 Å². The van der Waals surface area contributed by atoms with Crippen LogP contribution in [-0.4, -0.2) is 37.3 Å². The molecule has 148 valence electrons. The number of rotatable bonds is 3. The van der Waals surface area contributed by atoms with Crippen molar-refractivity contribution in [2.24, 2.45) is 5.41 Å². The first-order valence-corrected chi connectivity index (χ1v) is 10.3. The van der Waals surface area contributed by atoms with Crippen LogP contribution in [0.25, 0.3) is 22.2 Å². The van der Waals surface area contributed by atoms with Gasteiger partial charge in [-0.05, 0) is 54.3 Å². The van der Waals surface area contributed by atoms with Crippen molar-refractivity contribution >= 4 is 16.9 Å². The quantitative estimate of drug-likeness (QED) is 0.558. The van der Waals surface area contributed by atoms with Crippen LogP contribution in [-0.2, 0) is 0 Å². The second-order valence-corrected chi connectivity index (χ2v) is 8.41. The molecule has 6 nitrogen and oxygen atoms in total. The Labute approximate surface area is 174 Å². The van der Waals surface area contributed by atoms with E-state index in [0.29, 0.717) is 5.69 Å². The second-order valence-electron chi connectivity index (χ2n) is 8.41. The van der Waals surface area contributed by atoms with E-state index in [1.807, 2.05) is 47.8 Å². The molecule has 1 aliphatic heterocycles. The average molecular weight is 395 g/mol. The predicted molar refractivity (Wildman–Crippen MR) is 114 cm³/mol. The normalized spacial score (nSPS) is 19.5. The zero-order chi connectivity index (χ0) is 20.1. The van der Waals surface area contributed by atoms with Crippen molar-refractivity contribution < 1.29 is 4.79 Å². The Morgan fingerprint density at radius 1 is 1.07 bits per heavy atom. The van der Waals surface area contributed by atoms with E-state index < -0.39 is 0 Å². The van der Waals surface area contributed by atoms with Gasteiger partial charge in [0, 0.05) is 53.9 Å². The molecule has 2 fully saturated rings. The van der Waals surface area contributed by atoms with Gasteiger partial charge in [0.2, 0.25) is 0 Å². The highest BCUT2D eigenvalue weighted by Gasteiger charge is 2.58. The number of amides is 1. The van der Waals surface area contributed by atoms with Crippen molar-refractivity contribution in [3.63, 3.8) is 0 Å². The maximum Gasteiger partial charge on any atom is 0.273 e. The predicted octanol–water partition coefficient (Wildman–Crippen LogP) is 4.39. The van der Waals surface area contributed by atoms with E-state index in [-0.39, 0.29) is 17.4 Å². The van der Waals surface area contributed by atoms with Gasteiger partial charge in [-0.2, -0.15) is 0 Å². The third-order valence-corrected chi connectivity index (χ3v) is 6.70. The Balaban J connectivity index is 1.33. The standard InChI is InChI=1S/C24H21N5O/c30-23(29-15-24(6-2-7-24)21(29)18-3-1-8-25-13-18)20-12-16(4-9-26-20)19-11-17-5-10-27-22(17)28-14-19/h1,3-5,8-14,21H,2,6-7,15H2,(H,27,28). The lowest BCUT2D eigenvalue weighted by atomic mass is 9.56. The van der Waals surface area contributed by atoms with Crippen LogP contribution >= 0.6 is 0 Å². The van der Waals surface area contributed by atoms with Crippen LogP contribution in [0.4, 0.5) is 0 Å². The zero-order valence-electron chi connectivity index (χ0n) is 16.5. The van der Waals surface area contributed by atoms with Gasteiger partial charge in [-0.15, -0.1) is 0 Å². The summed E-state index contributed by atoms with van der Waals surface area (Å²) in [5.74, 6) is -0.0149. The summed E-state index contributed by atoms with van der Waals surface area (Å²) >= 11 is 0. The monoisotopic (exact) mass is 395 g/mol. The number of carbonyl (C=O) groups is 1. The van der Waals surface area contributed by atoms with E-state index in [9.17, 15) is 4.79 Å². The molecular weight excluding hydrogens is 374 g/mol. The van der Waals surface area contributed by atoms with E-state index in [0.717, 1.165) is 34.3 Å². The molecule has 6 rings (SSSR count). The molecule has 1 aliphatic carbocycles. The van der Waals surface area contributed by atoms with Gasteiger partial charge in [0.15, 0.2) is 0 Å². The van der Waals surface area contributed by atoms with Crippen LogP contribution in [0.15, 0.2) is 67.4 Å². The van der Waals surface area contributed by atoms with Crippen LogP contribution in [0.2, 0.25) is 0 Å². The molecule has 1 unspecified atom stereocenters. The number of pyridine rings is 3. The molecule has 6 heteroatoms. The molecule has 4 aromatic heterocycles. The number of nitrogens with zero attached hydrogens (tertiary/aromatic N) is 4. The largest absolute Gasteiger partial charge is 0.346 e. The summed E-state index contributed by atoms with van der Waals surface area (Å²) in [6.45, 7) is 0.800. The fourth-order valence-electron chi connectivity index (χ4n) is 5.03. The number of aromatic nitrogens is 4. The van der Waals surface area contributed by atoms with Gasteiger partial charge in [0.1, 0.15) is 11.3 Å². The molecule has 0 radical (unpaired) electrons. The first kappa shape index (κ1) is 17.3. The number of H-pyrrole nitrogens is 1. The number of aromatic amines is 1. The van der Waals surface area contributed by atoms with Crippen LogP contribution in [0.3, 0.4) is 0 Å². The summed E-state index contributed by atoms with van der Waals surface area (Å²) in [5.41, 5.74) is 4.59. The van der Waals surface area contributed by atoms with Crippen LogP contribution in [0, 0.1) is 5.41 Å². The first-order valence-electron chi connectivity index (χ1n) is 10.3. The first-order chi connectivity index (χ1) is 14.7. The molecule has 0 aromatic carbocycles. The Bertz CT molecular complexity index is 1240. The highest BCUT2D eigenvalue weighted by atomic mass is 16.2. The molecule has 0 bridgehead atoms. The number of nitrogens with one attached hydrogen (secondary N) is 1. The lowest BCUT2D eigenvalue weighted by molar-refractivity contribution is -0.105. The molecule has 1 atom stereocenters. The van der Waals surface area contributed by atoms with Gasteiger partial charge in [-0.25, -0.2) is 4.98 Å². The van der Waals surface area contributed by atoms with Gasteiger partial charge in [-0.3, -0.25) is 14.8 Å². The van der Waals surface area contributed by atoms with Crippen molar-refractivity contribution in [2.75, 3.05) is 6.54 Å². The summed E-state index contributed by atoms with van der Waals surface area (Å²) in [7, 11) is 0. The molecule has 1 saturated heterocycles. The Kier molecular flexibility index (Phi) is 3.75. The van der Waals surface area contributed by atoms with Crippen LogP contribution in [0.5, 0.6) is 0 Å². The van der Waals surface area contributed by atoms with Crippen molar-refractivity contribution in [1.82, 2.24) is 24.8 Å². The Hall–Kier alpha value is -3.54. The van der Waals surface area contributed by atoms with E-state index >= 15 is 0 Å². The van der Waals surface area contributed by atoms with E-state index in [4.69, 9.17) is 0 Å². The fraction of sp³-hybridized carbons (Fsp3) is 0.250. The Morgan fingerprint density at radius 3 is 2.80 bits per heavy atom. The highest BCUT2D eigenvalue weighted by Crippen LogP contribution is 2.60. The minimum absolute atomic E-state index is 0.0149. The SMILES string of the molecule is O=C(c1cc(-c2cnc3[nH]ccc3c2)ccn1)N1CC2(CCC2)C1c1cccnc1. The number of hydrogen-bond donors (Lipinski definition) is 1. The lowest BCUT2D eigenvalue weighted by Gasteiger charge is -2.62. The third kappa shape index (κ3) is 2.56. The van der Waals surface area contributed by atoms with E-state index in [2.05, 4.69) is 32.1 Å². The summed E-state index contributed by atoms with van der Waals surface area (Å²) in [6.07, 6.45) is 12.7. The van der Waals surface area contributed by atoms with Crippen LogP contribution in [0.1, 0.15) is 41.4 Å². The zero-order valence-corrected chi connectivity index (χ0v) is 16.5. The highest BCUT2D eigenvalue weighted by molar-refractivity contribution is 5.95. The molecule has 1 N–H and O–H groups in total. The Morgan fingerprint density at radius 2 is 2.00 bits per heavy atom. The molecule has 1 amide bonds.